The van der Waals surface area contributed by atoms with Gasteiger partial charge in [-0.05, 0) is 80.2 Å². The van der Waals surface area contributed by atoms with Gasteiger partial charge in [-0.2, -0.15) is 0 Å². The highest BCUT2D eigenvalue weighted by Gasteiger charge is 2.50. The minimum atomic E-state index is -0.00483. The molecule has 4 fully saturated rings. The Balaban J connectivity index is 1.17. The summed E-state index contributed by atoms with van der Waals surface area (Å²) in [6, 6.07) is 7.42. The molecule has 1 N–H and O–H groups in total. The summed E-state index contributed by atoms with van der Waals surface area (Å²) in [4.78, 5) is 24.2. The second-order valence-electron chi connectivity index (χ2n) is 10.6. The van der Waals surface area contributed by atoms with Crippen LogP contribution in [0.4, 0.5) is 5.82 Å². The van der Waals surface area contributed by atoms with E-state index in [1.807, 2.05) is 29.2 Å². The minimum absolute atomic E-state index is 0.00483. The Bertz CT molecular complexity index is 1000. The molecule has 5 aliphatic rings. The van der Waals surface area contributed by atoms with Crippen molar-refractivity contribution in [2.45, 2.75) is 51.5 Å². The molecule has 2 heterocycles. The molecule has 0 atom stereocenters. The van der Waals surface area contributed by atoms with Crippen molar-refractivity contribution < 1.29 is 9.53 Å². The maximum absolute atomic E-state index is 13.1. The number of rotatable bonds is 5. The van der Waals surface area contributed by atoms with Crippen molar-refractivity contribution in [3.63, 3.8) is 0 Å². The number of carbonyl (C=O) groups excluding carboxylic acids is 1. The van der Waals surface area contributed by atoms with E-state index in [1.165, 1.54) is 44.1 Å². The van der Waals surface area contributed by atoms with Crippen molar-refractivity contribution in [2.75, 3.05) is 25.5 Å². The van der Waals surface area contributed by atoms with Crippen LogP contribution in [-0.2, 0) is 13.0 Å². The topological polar surface area (TPSA) is 67.3 Å². The number of aromatic nitrogens is 2. The maximum Gasteiger partial charge on any atom is 0.257 e. The molecule has 0 unspecified atom stereocenters. The largest absolute Gasteiger partial charge is 0.496 e. The van der Waals surface area contributed by atoms with Gasteiger partial charge in [0.25, 0.3) is 5.91 Å². The number of nitrogens with zero attached hydrogens (tertiary/aromatic N) is 3. The lowest BCUT2D eigenvalue weighted by atomic mass is 9.49. The summed E-state index contributed by atoms with van der Waals surface area (Å²) in [6.45, 7) is 2.22. The summed E-state index contributed by atoms with van der Waals surface area (Å²) in [6.07, 6.45) is 11.0. The average Bonchev–Trinajstić information content (AvgIpc) is 2.81. The summed E-state index contributed by atoms with van der Waals surface area (Å²) < 4.78 is 5.40. The molecule has 4 saturated carbocycles. The summed E-state index contributed by atoms with van der Waals surface area (Å²) in [5.41, 5.74) is 3.21. The number of hydrogen-bond donors (Lipinski definition) is 1. The summed E-state index contributed by atoms with van der Waals surface area (Å²) in [7, 11) is 1.60. The molecule has 0 saturated heterocycles. The second kappa shape index (κ2) is 7.75. The van der Waals surface area contributed by atoms with Crippen LogP contribution in [0, 0.1) is 23.2 Å². The van der Waals surface area contributed by atoms with Gasteiger partial charge in [0.15, 0.2) is 0 Å². The van der Waals surface area contributed by atoms with Crippen molar-refractivity contribution in [3.8, 4) is 5.75 Å². The Kier molecular flexibility index (Phi) is 4.85. The normalized spacial score (nSPS) is 30.2. The molecule has 1 amide bonds. The Morgan fingerprint density at radius 2 is 1.84 bits per heavy atom. The zero-order valence-electron chi connectivity index (χ0n) is 18.8. The number of amides is 1. The highest BCUT2D eigenvalue weighted by Crippen LogP contribution is 2.59. The molecule has 7 rings (SSSR count). The predicted molar refractivity (Wildman–Crippen MR) is 123 cm³/mol. The summed E-state index contributed by atoms with van der Waals surface area (Å²) >= 11 is 0. The molecular formula is C26H32N4O2. The molecule has 1 aromatic carbocycles. The van der Waals surface area contributed by atoms with Crippen LogP contribution >= 0.6 is 0 Å². The van der Waals surface area contributed by atoms with Crippen molar-refractivity contribution in [3.05, 3.63) is 47.4 Å². The molecule has 4 bridgehead atoms. The first-order valence-electron chi connectivity index (χ1n) is 12.1. The number of anilines is 1. The van der Waals surface area contributed by atoms with Gasteiger partial charge < -0.3 is 15.0 Å². The van der Waals surface area contributed by atoms with Gasteiger partial charge in [-0.15, -0.1) is 0 Å². The number of para-hydroxylation sites is 1. The lowest BCUT2D eigenvalue weighted by Gasteiger charge is -2.57. The molecular weight excluding hydrogens is 400 g/mol. The Labute approximate surface area is 189 Å². The van der Waals surface area contributed by atoms with Crippen LogP contribution in [-0.4, -0.2) is 41.0 Å². The fourth-order valence-corrected chi connectivity index (χ4v) is 7.45. The fourth-order valence-electron chi connectivity index (χ4n) is 7.45. The van der Waals surface area contributed by atoms with Crippen LogP contribution in [0.3, 0.4) is 0 Å². The Morgan fingerprint density at radius 3 is 2.56 bits per heavy atom. The fraction of sp³-hybridized carbons (Fsp3) is 0.577. The number of fused-ring (bicyclic) bond motifs is 1. The van der Waals surface area contributed by atoms with Gasteiger partial charge in [-0.25, -0.2) is 9.97 Å². The minimum Gasteiger partial charge on any atom is -0.496 e. The molecule has 168 valence electrons. The lowest BCUT2D eigenvalue weighted by Crippen LogP contribution is -2.49. The van der Waals surface area contributed by atoms with E-state index in [9.17, 15) is 4.79 Å². The van der Waals surface area contributed by atoms with Crippen molar-refractivity contribution in [1.29, 1.82) is 0 Å². The molecule has 0 radical (unpaired) electrons. The second-order valence-corrected chi connectivity index (χ2v) is 10.6. The molecule has 1 aliphatic heterocycles. The van der Waals surface area contributed by atoms with E-state index in [2.05, 4.69) is 15.3 Å². The molecule has 2 aromatic rings. The monoisotopic (exact) mass is 432 g/mol. The zero-order valence-corrected chi connectivity index (χ0v) is 18.8. The SMILES string of the molecule is COc1ccccc1C(=O)N1CCc2c(ncnc2NCC23CC4CC(CC(C4)C2)C3)C1. The third kappa shape index (κ3) is 3.44. The Morgan fingerprint density at radius 1 is 1.12 bits per heavy atom. The first-order chi connectivity index (χ1) is 15.6. The molecule has 6 nitrogen and oxygen atoms in total. The highest BCUT2D eigenvalue weighted by molar-refractivity contribution is 5.97. The molecule has 6 heteroatoms. The van der Waals surface area contributed by atoms with E-state index in [0.717, 1.165) is 42.2 Å². The number of nitrogens with one attached hydrogen (secondary N) is 1. The quantitative estimate of drug-likeness (QED) is 0.763. The van der Waals surface area contributed by atoms with Crippen LogP contribution < -0.4 is 10.1 Å². The van der Waals surface area contributed by atoms with Gasteiger partial charge in [-0.3, -0.25) is 4.79 Å². The van der Waals surface area contributed by atoms with E-state index in [1.54, 1.807) is 13.4 Å². The smallest absolute Gasteiger partial charge is 0.257 e. The standard InChI is InChI=1S/C26H32N4O2/c1-32-23-5-3-2-4-21(23)25(31)30-7-6-20-22(14-30)28-16-29-24(20)27-15-26-11-17-8-18(12-26)10-19(9-17)13-26/h2-5,16-19H,6-15H2,1H3,(H,27,28,29). The van der Waals surface area contributed by atoms with E-state index in [-0.39, 0.29) is 5.91 Å². The van der Waals surface area contributed by atoms with Gasteiger partial charge in [0.2, 0.25) is 0 Å². The van der Waals surface area contributed by atoms with Gasteiger partial charge >= 0.3 is 0 Å². The van der Waals surface area contributed by atoms with Crippen LogP contribution in [0.5, 0.6) is 5.75 Å². The van der Waals surface area contributed by atoms with E-state index in [0.29, 0.717) is 29.8 Å². The number of benzene rings is 1. The van der Waals surface area contributed by atoms with Crippen molar-refractivity contribution in [1.82, 2.24) is 14.9 Å². The van der Waals surface area contributed by atoms with Crippen molar-refractivity contribution >= 4 is 11.7 Å². The summed E-state index contributed by atoms with van der Waals surface area (Å²) in [5, 5.41) is 3.75. The Hall–Kier alpha value is -2.63. The van der Waals surface area contributed by atoms with E-state index >= 15 is 0 Å². The first kappa shape index (κ1) is 20.0. The third-order valence-corrected chi connectivity index (χ3v) is 8.43. The molecule has 1 aromatic heterocycles. The number of ether oxygens (including phenoxy) is 1. The van der Waals surface area contributed by atoms with E-state index < -0.39 is 0 Å². The van der Waals surface area contributed by atoms with Crippen molar-refractivity contribution in [2.24, 2.45) is 23.2 Å². The van der Waals surface area contributed by atoms with Crippen LogP contribution in [0.2, 0.25) is 0 Å². The lowest BCUT2D eigenvalue weighted by molar-refractivity contribution is -0.0444. The van der Waals surface area contributed by atoms with Crippen LogP contribution in [0.25, 0.3) is 0 Å². The average molecular weight is 433 g/mol. The number of methoxy groups -OCH3 is 1. The summed E-state index contributed by atoms with van der Waals surface area (Å²) in [5.74, 6) is 4.46. The van der Waals surface area contributed by atoms with E-state index in [4.69, 9.17) is 4.74 Å². The highest BCUT2D eigenvalue weighted by atomic mass is 16.5. The van der Waals surface area contributed by atoms with Gasteiger partial charge in [0.1, 0.15) is 17.9 Å². The number of carbonyl (C=O) groups is 1. The predicted octanol–water partition coefficient (Wildman–Crippen LogP) is 4.31. The third-order valence-electron chi connectivity index (χ3n) is 8.43. The number of hydrogen-bond acceptors (Lipinski definition) is 5. The molecule has 0 spiro atoms. The first-order valence-corrected chi connectivity index (χ1v) is 12.1. The van der Waals surface area contributed by atoms with Gasteiger partial charge in [0, 0.05) is 18.7 Å². The van der Waals surface area contributed by atoms with Crippen LogP contribution in [0.15, 0.2) is 30.6 Å². The zero-order chi connectivity index (χ0) is 21.7. The van der Waals surface area contributed by atoms with Gasteiger partial charge in [-0.1, -0.05) is 12.1 Å². The maximum atomic E-state index is 13.1. The van der Waals surface area contributed by atoms with Crippen LogP contribution in [0.1, 0.15) is 60.1 Å². The van der Waals surface area contributed by atoms with Gasteiger partial charge in [0.05, 0.1) is 24.9 Å². The molecule has 32 heavy (non-hydrogen) atoms. The molecule has 4 aliphatic carbocycles.